The summed E-state index contributed by atoms with van der Waals surface area (Å²) in [5.74, 6) is -1.86. The molecule has 3 rings (SSSR count). The Labute approximate surface area is 170 Å². The van der Waals surface area contributed by atoms with Crippen molar-refractivity contribution < 1.29 is 23.0 Å². The molecule has 0 aromatic heterocycles. The Bertz CT molecular complexity index is 855. The van der Waals surface area contributed by atoms with E-state index in [2.05, 4.69) is 6.58 Å². The van der Waals surface area contributed by atoms with Crippen molar-refractivity contribution in [3.05, 3.63) is 77.1 Å². The minimum atomic E-state index is -1.05. The van der Waals surface area contributed by atoms with Crippen molar-refractivity contribution in [2.75, 3.05) is 6.61 Å². The molecule has 0 radical (unpaired) electrons. The van der Waals surface area contributed by atoms with Crippen molar-refractivity contribution in [1.29, 1.82) is 0 Å². The van der Waals surface area contributed by atoms with Crippen LogP contribution >= 0.6 is 0 Å². The molecule has 0 saturated heterocycles. The van der Waals surface area contributed by atoms with Crippen LogP contribution in [0.2, 0.25) is 0 Å². The lowest BCUT2D eigenvalue weighted by Gasteiger charge is -2.29. The summed E-state index contributed by atoms with van der Waals surface area (Å²) >= 11 is 0. The number of aliphatic hydroxyl groups excluding tert-OH is 1. The summed E-state index contributed by atoms with van der Waals surface area (Å²) in [5.41, 5.74) is 1.25. The maximum absolute atomic E-state index is 14.5. The van der Waals surface area contributed by atoms with E-state index in [1.807, 2.05) is 6.07 Å². The van der Waals surface area contributed by atoms with E-state index in [1.165, 1.54) is 19.1 Å². The van der Waals surface area contributed by atoms with Crippen LogP contribution in [-0.4, -0.2) is 11.7 Å². The lowest BCUT2D eigenvalue weighted by atomic mass is 9.76. The Kier molecular flexibility index (Phi) is 7.01. The van der Waals surface area contributed by atoms with Gasteiger partial charge in [-0.15, -0.1) is 6.58 Å². The second kappa shape index (κ2) is 9.49. The highest BCUT2D eigenvalue weighted by molar-refractivity contribution is 5.33. The third-order valence-corrected chi connectivity index (χ3v) is 5.77. The zero-order valence-electron chi connectivity index (χ0n) is 16.6. The van der Waals surface area contributed by atoms with E-state index in [0.29, 0.717) is 31.4 Å². The van der Waals surface area contributed by atoms with Gasteiger partial charge in [0.1, 0.15) is 0 Å². The van der Waals surface area contributed by atoms with Crippen LogP contribution in [0.4, 0.5) is 13.2 Å². The molecule has 2 nitrogen and oxygen atoms in total. The van der Waals surface area contributed by atoms with Crippen molar-refractivity contribution in [3.63, 3.8) is 0 Å². The van der Waals surface area contributed by atoms with Crippen molar-refractivity contribution >= 4 is 0 Å². The molecule has 0 amide bonds. The van der Waals surface area contributed by atoms with Gasteiger partial charge in [-0.05, 0) is 74.1 Å². The third-order valence-electron chi connectivity index (χ3n) is 5.77. The minimum absolute atomic E-state index is 0.0224. The zero-order valence-corrected chi connectivity index (χ0v) is 16.6. The molecule has 2 aromatic carbocycles. The van der Waals surface area contributed by atoms with Gasteiger partial charge in [-0.1, -0.05) is 24.3 Å². The number of aliphatic hydroxyl groups is 1. The second-order valence-corrected chi connectivity index (χ2v) is 7.71. The van der Waals surface area contributed by atoms with Gasteiger partial charge in [0.15, 0.2) is 23.2 Å². The Morgan fingerprint density at radius 3 is 2.38 bits per heavy atom. The van der Waals surface area contributed by atoms with Crippen LogP contribution in [0.25, 0.3) is 0 Å². The molecular formula is C24H27F3O2. The first-order valence-corrected chi connectivity index (χ1v) is 10.1. The van der Waals surface area contributed by atoms with E-state index in [0.717, 1.165) is 18.4 Å². The quantitative estimate of drug-likeness (QED) is 0.419. The van der Waals surface area contributed by atoms with Crippen molar-refractivity contribution in [1.82, 2.24) is 0 Å². The maximum atomic E-state index is 14.5. The van der Waals surface area contributed by atoms with E-state index in [9.17, 15) is 18.3 Å². The summed E-state index contributed by atoms with van der Waals surface area (Å²) < 4.78 is 48.4. The zero-order chi connectivity index (χ0) is 21.0. The second-order valence-electron chi connectivity index (χ2n) is 7.71. The molecular weight excluding hydrogens is 377 g/mol. The van der Waals surface area contributed by atoms with Crippen LogP contribution in [-0.2, 0) is 0 Å². The normalized spacial score (nSPS) is 20.3. The molecule has 29 heavy (non-hydrogen) atoms. The van der Waals surface area contributed by atoms with Gasteiger partial charge < -0.3 is 9.84 Å². The van der Waals surface area contributed by atoms with Gasteiger partial charge in [0, 0.05) is 5.56 Å². The van der Waals surface area contributed by atoms with Gasteiger partial charge in [0.25, 0.3) is 0 Å². The fraction of sp³-hybridized carbons (Fsp3) is 0.417. The molecule has 0 aliphatic heterocycles. The van der Waals surface area contributed by atoms with Crippen LogP contribution < -0.4 is 4.74 Å². The SMILES string of the molecule is C=CCCOc1ccc(C2CCC(c3ccc(C(C)O)c(F)c3F)CC2)cc1F. The van der Waals surface area contributed by atoms with E-state index < -0.39 is 17.7 Å². The van der Waals surface area contributed by atoms with Gasteiger partial charge >= 0.3 is 0 Å². The van der Waals surface area contributed by atoms with E-state index in [-0.39, 0.29) is 29.0 Å². The molecule has 0 bridgehead atoms. The molecule has 5 heteroatoms. The molecule has 1 atom stereocenters. The summed E-state index contributed by atoms with van der Waals surface area (Å²) in [5, 5.41) is 9.54. The van der Waals surface area contributed by atoms with Gasteiger partial charge in [-0.25, -0.2) is 13.2 Å². The van der Waals surface area contributed by atoms with E-state index in [4.69, 9.17) is 4.74 Å². The van der Waals surface area contributed by atoms with E-state index >= 15 is 0 Å². The highest BCUT2D eigenvalue weighted by Crippen LogP contribution is 2.42. The number of hydrogen-bond acceptors (Lipinski definition) is 2. The molecule has 1 fully saturated rings. The summed E-state index contributed by atoms with van der Waals surface area (Å²) in [6.45, 7) is 5.41. The summed E-state index contributed by atoms with van der Waals surface area (Å²) in [4.78, 5) is 0. The first-order valence-electron chi connectivity index (χ1n) is 10.1. The topological polar surface area (TPSA) is 29.5 Å². The molecule has 0 heterocycles. The largest absolute Gasteiger partial charge is 0.490 e. The lowest BCUT2D eigenvalue weighted by Crippen LogP contribution is -2.15. The fourth-order valence-corrected chi connectivity index (χ4v) is 4.10. The van der Waals surface area contributed by atoms with Crippen LogP contribution in [0.15, 0.2) is 43.0 Å². The number of halogens is 3. The summed E-state index contributed by atoms with van der Waals surface area (Å²) in [7, 11) is 0. The maximum Gasteiger partial charge on any atom is 0.165 e. The molecule has 1 aliphatic rings. The number of benzene rings is 2. The van der Waals surface area contributed by atoms with Crippen molar-refractivity contribution in [2.24, 2.45) is 0 Å². The number of rotatable bonds is 7. The molecule has 2 aromatic rings. The Hall–Kier alpha value is -2.27. The standard InChI is InChI=1S/C24H27F3O2/c1-3-4-13-29-22-12-9-18(14-21(22)25)16-5-7-17(8-6-16)20-11-10-19(15(2)28)23(26)24(20)27/h3,9-12,14-17,28H,1,4-8,13H2,2H3. The van der Waals surface area contributed by atoms with Crippen LogP contribution in [0.1, 0.15) is 73.7 Å². The molecule has 0 spiro atoms. The summed E-state index contributed by atoms with van der Waals surface area (Å²) in [6, 6.07) is 8.11. The number of ether oxygens (including phenoxy) is 1. The van der Waals surface area contributed by atoms with Gasteiger partial charge in [-0.2, -0.15) is 0 Å². The minimum Gasteiger partial charge on any atom is -0.490 e. The lowest BCUT2D eigenvalue weighted by molar-refractivity contribution is 0.192. The van der Waals surface area contributed by atoms with Crippen LogP contribution in [0.5, 0.6) is 5.75 Å². The highest BCUT2D eigenvalue weighted by Gasteiger charge is 2.28. The predicted octanol–water partition coefficient (Wildman–Crippen LogP) is 6.55. The molecule has 156 valence electrons. The number of hydrogen-bond donors (Lipinski definition) is 1. The third kappa shape index (κ3) is 4.84. The van der Waals surface area contributed by atoms with Gasteiger partial charge in [0.05, 0.1) is 12.7 Å². The average molecular weight is 404 g/mol. The Balaban J connectivity index is 1.66. The van der Waals surface area contributed by atoms with E-state index in [1.54, 1.807) is 18.2 Å². The Morgan fingerprint density at radius 2 is 1.76 bits per heavy atom. The van der Waals surface area contributed by atoms with Crippen LogP contribution in [0, 0.1) is 17.5 Å². The first kappa shape index (κ1) is 21.4. The van der Waals surface area contributed by atoms with Gasteiger partial charge in [-0.3, -0.25) is 0 Å². The molecule has 1 saturated carbocycles. The predicted molar refractivity (Wildman–Crippen MR) is 108 cm³/mol. The van der Waals surface area contributed by atoms with Crippen molar-refractivity contribution in [3.8, 4) is 5.75 Å². The smallest absolute Gasteiger partial charge is 0.165 e. The average Bonchev–Trinajstić information content (AvgIpc) is 2.71. The van der Waals surface area contributed by atoms with Gasteiger partial charge in [0.2, 0.25) is 0 Å². The summed E-state index contributed by atoms with van der Waals surface area (Å²) in [6.07, 6.45) is 4.29. The van der Waals surface area contributed by atoms with Crippen molar-refractivity contribution in [2.45, 2.75) is 57.0 Å². The highest BCUT2D eigenvalue weighted by atomic mass is 19.2. The molecule has 1 unspecified atom stereocenters. The first-order chi connectivity index (χ1) is 13.9. The Morgan fingerprint density at radius 1 is 1.07 bits per heavy atom. The van der Waals surface area contributed by atoms with Crippen LogP contribution in [0.3, 0.4) is 0 Å². The molecule has 1 N–H and O–H groups in total. The molecule has 1 aliphatic carbocycles. The fourth-order valence-electron chi connectivity index (χ4n) is 4.10. The monoisotopic (exact) mass is 404 g/mol.